The van der Waals surface area contributed by atoms with E-state index < -0.39 is 11.0 Å². The first kappa shape index (κ1) is 24.0. The van der Waals surface area contributed by atoms with Crippen molar-refractivity contribution >= 4 is 5.97 Å². The molecule has 0 aliphatic heterocycles. The zero-order chi connectivity index (χ0) is 25.3. The Bertz CT molecular complexity index is 1200. The molecule has 1 unspecified atom stereocenters. The molecule has 2 saturated carbocycles. The fourth-order valence-corrected chi connectivity index (χ4v) is 8.89. The van der Waals surface area contributed by atoms with Crippen molar-refractivity contribution in [3.8, 4) is 5.75 Å². The molecule has 2 N–H and O–H groups in total. The number of esters is 1. The molecule has 4 aliphatic carbocycles. The number of phenolic OH excluding ortho intramolecular Hbond substituents is 1. The molecule has 0 spiro atoms. The third-order valence-electron chi connectivity index (χ3n) is 11.0. The second kappa shape index (κ2) is 8.34. The van der Waals surface area contributed by atoms with Crippen molar-refractivity contribution in [2.24, 2.45) is 22.7 Å². The summed E-state index contributed by atoms with van der Waals surface area (Å²) >= 11 is 0. The van der Waals surface area contributed by atoms with Gasteiger partial charge in [0, 0.05) is 5.41 Å². The van der Waals surface area contributed by atoms with Crippen molar-refractivity contribution in [2.75, 3.05) is 6.61 Å². The molecule has 6 atom stereocenters. The molecule has 4 heteroatoms. The number of hydrogen-bond acceptors (Lipinski definition) is 4. The zero-order valence-corrected chi connectivity index (χ0v) is 22.0. The number of aryl methyl sites for hydroxylation is 1. The Labute approximate surface area is 215 Å². The normalized spacial score (nSPS) is 36.5. The van der Waals surface area contributed by atoms with E-state index in [0.29, 0.717) is 36.5 Å². The summed E-state index contributed by atoms with van der Waals surface area (Å²) in [6, 6.07) is 12.5. The molecule has 4 nitrogen and oxygen atoms in total. The summed E-state index contributed by atoms with van der Waals surface area (Å²) in [5, 5.41) is 22.4. The second-order valence-electron chi connectivity index (χ2n) is 12.3. The number of rotatable bonds is 4. The third-order valence-corrected chi connectivity index (χ3v) is 11.0. The molecule has 0 radical (unpaired) electrons. The van der Waals surface area contributed by atoms with Gasteiger partial charge in [-0.05, 0) is 122 Å². The van der Waals surface area contributed by atoms with E-state index in [1.54, 1.807) is 0 Å². The predicted molar refractivity (Wildman–Crippen MR) is 140 cm³/mol. The lowest BCUT2D eigenvalue weighted by atomic mass is 9.52. The molecule has 6 rings (SSSR count). The lowest BCUT2D eigenvalue weighted by Gasteiger charge is -2.53. The average molecular weight is 489 g/mol. The van der Waals surface area contributed by atoms with Crippen LogP contribution in [0.1, 0.15) is 93.0 Å². The molecule has 2 fully saturated rings. The molecule has 0 saturated heterocycles. The smallest absolute Gasteiger partial charge is 0.312 e. The number of aromatic hydroxyl groups is 1. The van der Waals surface area contributed by atoms with Crippen LogP contribution in [0, 0.1) is 22.7 Å². The van der Waals surface area contributed by atoms with Gasteiger partial charge < -0.3 is 14.9 Å². The number of phenols is 1. The van der Waals surface area contributed by atoms with Gasteiger partial charge in [-0.15, -0.1) is 0 Å². The van der Waals surface area contributed by atoms with E-state index in [4.69, 9.17) is 4.74 Å². The van der Waals surface area contributed by atoms with Crippen LogP contribution in [-0.2, 0) is 34.4 Å². The van der Waals surface area contributed by atoms with Gasteiger partial charge in [-0.3, -0.25) is 4.79 Å². The Balaban J connectivity index is 1.30. The number of carbonyl (C=O) groups is 1. The fourth-order valence-electron chi connectivity index (χ4n) is 8.89. The van der Waals surface area contributed by atoms with E-state index in [2.05, 4.69) is 38.1 Å². The molecule has 0 heterocycles. The Morgan fingerprint density at radius 1 is 1.00 bits per heavy atom. The molecule has 0 amide bonds. The summed E-state index contributed by atoms with van der Waals surface area (Å²) < 4.78 is 5.47. The Morgan fingerprint density at radius 3 is 2.58 bits per heavy atom. The van der Waals surface area contributed by atoms with Crippen molar-refractivity contribution in [1.29, 1.82) is 0 Å². The molecular weight excluding hydrogens is 448 g/mol. The molecule has 36 heavy (non-hydrogen) atoms. The van der Waals surface area contributed by atoms with E-state index in [1.807, 2.05) is 19.1 Å². The molecule has 4 aliphatic rings. The van der Waals surface area contributed by atoms with Crippen LogP contribution in [0.4, 0.5) is 0 Å². The first-order chi connectivity index (χ1) is 17.2. The fraction of sp³-hybridized carbons (Fsp3) is 0.594. The molecule has 0 aromatic heterocycles. The maximum atomic E-state index is 12.9. The minimum Gasteiger partial charge on any atom is -0.508 e. The van der Waals surface area contributed by atoms with Gasteiger partial charge >= 0.3 is 5.97 Å². The number of hydrogen-bond donors (Lipinski definition) is 2. The zero-order valence-electron chi connectivity index (χ0n) is 22.0. The van der Waals surface area contributed by atoms with Crippen LogP contribution < -0.4 is 0 Å². The van der Waals surface area contributed by atoms with Crippen molar-refractivity contribution in [3.63, 3.8) is 0 Å². The van der Waals surface area contributed by atoms with E-state index in [1.165, 1.54) is 22.3 Å². The SMILES string of the molecule is CCOC(=O)C1(CC)Cc2ccc([C@]3(O)CC[C@H]4[C@@H]5CCc6cc(O)ccc6[C@H]5CC[C@@]43C)cc2C1. The molecular formula is C32H40O4. The summed E-state index contributed by atoms with van der Waals surface area (Å²) in [7, 11) is 0. The van der Waals surface area contributed by atoms with Crippen LogP contribution in [0.15, 0.2) is 36.4 Å². The van der Waals surface area contributed by atoms with Crippen LogP contribution >= 0.6 is 0 Å². The van der Waals surface area contributed by atoms with Gasteiger partial charge in [0.1, 0.15) is 5.75 Å². The first-order valence-corrected chi connectivity index (χ1v) is 14.1. The number of carbonyl (C=O) groups excluding carboxylic acids is 1. The van der Waals surface area contributed by atoms with Crippen molar-refractivity contribution in [1.82, 2.24) is 0 Å². The summed E-state index contributed by atoms with van der Waals surface area (Å²) in [5.74, 6) is 1.90. The average Bonchev–Trinajstić information content (AvgIpc) is 3.39. The molecule has 2 aromatic rings. The Kier molecular flexibility index (Phi) is 5.57. The highest BCUT2D eigenvalue weighted by atomic mass is 16.5. The van der Waals surface area contributed by atoms with Gasteiger partial charge in [-0.1, -0.05) is 38.1 Å². The lowest BCUT2D eigenvalue weighted by Crippen LogP contribution is -2.49. The van der Waals surface area contributed by atoms with Gasteiger partial charge in [0.25, 0.3) is 0 Å². The Hall–Kier alpha value is -2.33. The third kappa shape index (κ3) is 3.25. The number of fused-ring (bicyclic) bond motifs is 6. The van der Waals surface area contributed by atoms with Crippen LogP contribution in [0.3, 0.4) is 0 Å². The maximum absolute atomic E-state index is 12.9. The summed E-state index contributed by atoms with van der Waals surface area (Å²) in [5.41, 5.74) is 4.76. The van der Waals surface area contributed by atoms with Crippen molar-refractivity contribution in [3.05, 3.63) is 64.2 Å². The van der Waals surface area contributed by atoms with Gasteiger partial charge in [0.05, 0.1) is 17.6 Å². The van der Waals surface area contributed by atoms with Crippen LogP contribution in [0.2, 0.25) is 0 Å². The highest BCUT2D eigenvalue weighted by Crippen LogP contribution is 2.67. The largest absolute Gasteiger partial charge is 0.508 e. The van der Waals surface area contributed by atoms with E-state index in [0.717, 1.165) is 56.9 Å². The monoisotopic (exact) mass is 488 g/mol. The summed E-state index contributed by atoms with van der Waals surface area (Å²) in [4.78, 5) is 12.9. The van der Waals surface area contributed by atoms with E-state index in [9.17, 15) is 15.0 Å². The minimum atomic E-state index is -0.839. The van der Waals surface area contributed by atoms with Crippen LogP contribution in [0.25, 0.3) is 0 Å². The highest BCUT2D eigenvalue weighted by Gasteiger charge is 2.62. The second-order valence-corrected chi connectivity index (χ2v) is 12.3. The van der Waals surface area contributed by atoms with Crippen LogP contribution in [-0.4, -0.2) is 22.8 Å². The minimum absolute atomic E-state index is 0.0823. The highest BCUT2D eigenvalue weighted by molar-refractivity contribution is 5.79. The first-order valence-electron chi connectivity index (χ1n) is 14.1. The quantitative estimate of drug-likeness (QED) is 0.503. The summed E-state index contributed by atoms with van der Waals surface area (Å²) in [6.45, 7) is 6.71. The van der Waals surface area contributed by atoms with Crippen molar-refractivity contribution < 1.29 is 19.7 Å². The van der Waals surface area contributed by atoms with E-state index >= 15 is 0 Å². The van der Waals surface area contributed by atoms with E-state index in [-0.39, 0.29) is 11.4 Å². The summed E-state index contributed by atoms with van der Waals surface area (Å²) in [6.07, 6.45) is 8.31. The number of aliphatic hydroxyl groups is 1. The predicted octanol–water partition coefficient (Wildman–Crippen LogP) is 6.19. The molecule has 0 bridgehead atoms. The van der Waals surface area contributed by atoms with Crippen molar-refractivity contribution in [2.45, 2.75) is 90.1 Å². The van der Waals surface area contributed by atoms with Gasteiger partial charge in [-0.2, -0.15) is 0 Å². The van der Waals surface area contributed by atoms with Crippen LogP contribution in [0.5, 0.6) is 5.75 Å². The molecule has 2 aromatic carbocycles. The maximum Gasteiger partial charge on any atom is 0.312 e. The van der Waals surface area contributed by atoms with Gasteiger partial charge in [0.15, 0.2) is 0 Å². The number of benzene rings is 2. The topological polar surface area (TPSA) is 66.8 Å². The Morgan fingerprint density at radius 2 is 1.81 bits per heavy atom. The van der Waals surface area contributed by atoms with Gasteiger partial charge in [-0.25, -0.2) is 0 Å². The standard InChI is InChI=1S/C32H40O4/c1-4-31(29(34)36-5-2)18-21-6-8-23(16-22(21)19-31)32(35)15-13-28-27-10-7-20-17-24(33)9-11-25(20)26(27)12-14-30(28,32)3/h6,8-9,11,16-17,26-28,33,35H,4-5,7,10,12-15,18-19H2,1-3H3/t26-,27-,28+,30+,31?,32-/m1/s1. The lowest BCUT2D eigenvalue weighted by molar-refractivity contribution is -0.155. The number of ether oxygens (including phenoxy) is 1. The molecule has 192 valence electrons. The van der Waals surface area contributed by atoms with Gasteiger partial charge in [0.2, 0.25) is 0 Å².